The number of hydrogen-bond donors (Lipinski definition) is 2. The Labute approximate surface area is 138 Å². The Morgan fingerprint density at radius 2 is 2.00 bits per heavy atom. The van der Waals surface area contributed by atoms with Gasteiger partial charge in [-0.1, -0.05) is 18.2 Å². The molecule has 0 aliphatic rings. The number of carbonyl (C=O) groups excluding carboxylic acids is 1. The highest BCUT2D eigenvalue weighted by molar-refractivity contribution is 6.07. The van der Waals surface area contributed by atoms with Crippen molar-refractivity contribution in [1.82, 2.24) is 4.57 Å². The third-order valence-corrected chi connectivity index (χ3v) is 3.85. The summed E-state index contributed by atoms with van der Waals surface area (Å²) in [5.41, 5.74) is 8.88. The summed E-state index contributed by atoms with van der Waals surface area (Å²) in [4.78, 5) is 11.5. The minimum absolute atomic E-state index is 0.285. The second-order valence-corrected chi connectivity index (χ2v) is 5.37. The Bertz CT molecular complexity index is 994. The highest BCUT2D eigenvalue weighted by Gasteiger charge is 2.08. The van der Waals surface area contributed by atoms with E-state index in [-0.39, 0.29) is 5.84 Å². The number of benzene rings is 2. The fourth-order valence-electron chi connectivity index (χ4n) is 2.64. The number of Topliss-reactive ketones (excluding diaryl/α,β-unsaturated/α-hetero) is 1. The maximum Gasteiger partial charge on any atom is 0.262 e. The summed E-state index contributed by atoms with van der Waals surface area (Å²) < 4.78 is 2.06. The number of fused-ring (bicyclic) bond motifs is 1. The van der Waals surface area contributed by atoms with E-state index in [1.54, 1.807) is 24.3 Å². The molecule has 0 atom stereocenters. The summed E-state index contributed by atoms with van der Waals surface area (Å²) in [7, 11) is 0. The average molecular weight is 317 g/mol. The van der Waals surface area contributed by atoms with Crippen molar-refractivity contribution in [2.75, 3.05) is 0 Å². The van der Waals surface area contributed by atoms with Crippen LogP contribution in [0, 0.1) is 11.3 Å². The van der Waals surface area contributed by atoms with Gasteiger partial charge in [0.05, 0.1) is 0 Å². The largest absolute Gasteiger partial charge is 0.382 e. The molecule has 0 saturated carbocycles. The predicted octanol–water partition coefficient (Wildman–Crippen LogP) is 1.97. The van der Waals surface area contributed by atoms with Crippen LogP contribution in [0.2, 0.25) is 0 Å². The molecule has 24 heavy (non-hydrogen) atoms. The predicted molar refractivity (Wildman–Crippen MR) is 92.3 cm³/mol. The van der Waals surface area contributed by atoms with Crippen molar-refractivity contribution in [2.24, 2.45) is 16.7 Å². The van der Waals surface area contributed by atoms with E-state index in [4.69, 9.17) is 16.8 Å². The molecule has 0 radical (unpaired) electrons. The Morgan fingerprint density at radius 3 is 2.75 bits per heavy atom. The van der Waals surface area contributed by atoms with E-state index in [1.807, 2.05) is 36.5 Å². The van der Waals surface area contributed by atoms with Gasteiger partial charge in [-0.15, -0.1) is 0 Å². The number of nitriles is 1. The van der Waals surface area contributed by atoms with Gasteiger partial charge in [0.1, 0.15) is 11.9 Å². The Hall–Kier alpha value is -3.59. The Balaban J connectivity index is 1.94. The number of nitrogens with two attached hydrogens (primary N) is 2. The van der Waals surface area contributed by atoms with E-state index in [9.17, 15) is 4.79 Å². The van der Waals surface area contributed by atoms with E-state index in [2.05, 4.69) is 9.67 Å². The van der Waals surface area contributed by atoms with Crippen LogP contribution in [0.1, 0.15) is 21.5 Å². The number of nitrogens with zero attached hydrogens (tertiary/aromatic N) is 3. The van der Waals surface area contributed by atoms with Crippen LogP contribution in [0.3, 0.4) is 0 Å². The number of rotatable bonds is 4. The summed E-state index contributed by atoms with van der Waals surface area (Å²) in [6.07, 6.45) is 1.96. The van der Waals surface area contributed by atoms with E-state index >= 15 is 0 Å². The van der Waals surface area contributed by atoms with Crippen LogP contribution >= 0.6 is 0 Å². The summed E-state index contributed by atoms with van der Waals surface area (Å²) in [6.45, 7) is 0.593. The Morgan fingerprint density at radius 1 is 1.17 bits per heavy atom. The first-order valence-corrected chi connectivity index (χ1v) is 7.28. The maximum atomic E-state index is 11.5. The molecule has 1 heterocycles. The molecular weight excluding hydrogens is 302 g/mol. The van der Waals surface area contributed by atoms with E-state index in [1.165, 1.54) is 0 Å². The minimum Gasteiger partial charge on any atom is -0.382 e. The van der Waals surface area contributed by atoms with E-state index in [0.29, 0.717) is 12.1 Å². The van der Waals surface area contributed by atoms with Crippen LogP contribution in [-0.2, 0) is 6.54 Å². The molecule has 0 fully saturated rings. The molecule has 2 aromatic carbocycles. The van der Waals surface area contributed by atoms with Crippen LogP contribution in [0.25, 0.3) is 10.9 Å². The van der Waals surface area contributed by atoms with Crippen molar-refractivity contribution in [2.45, 2.75) is 6.54 Å². The highest BCUT2D eigenvalue weighted by atomic mass is 16.1. The lowest BCUT2D eigenvalue weighted by atomic mass is 10.1. The quantitative estimate of drug-likeness (QED) is 0.191. The average Bonchev–Trinajstić information content (AvgIpc) is 3.02. The number of hydrogen-bond acceptors (Lipinski definition) is 4. The molecule has 0 bridgehead atoms. The molecular formula is C18H15N5O. The molecule has 4 N–H and O–H groups in total. The van der Waals surface area contributed by atoms with Crippen LogP contribution in [0.4, 0.5) is 0 Å². The molecule has 6 nitrogen and oxygen atoms in total. The van der Waals surface area contributed by atoms with Crippen molar-refractivity contribution in [1.29, 1.82) is 5.26 Å². The topological polar surface area (TPSA) is 110 Å². The summed E-state index contributed by atoms with van der Waals surface area (Å²) in [5, 5.41) is 13.3. The molecule has 0 unspecified atom stereocenters. The van der Waals surface area contributed by atoms with Gasteiger partial charge in [0, 0.05) is 34.8 Å². The lowest BCUT2D eigenvalue weighted by Crippen LogP contribution is -2.15. The fourth-order valence-corrected chi connectivity index (χ4v) is 2.64. The number of amidine groups is 1. The van der Waals surface area contributed by atoms with Gasteiger partial charge in [-0.05, 0) is 35.9 Å². The fraction of sp³-hybridized carbons (Fsp3) is 0.0556. The van der Waals surface area contributed by atoms with Crippen molar-refractivity contribution in [3.63, 3.8) is 0 Å². The first kappa shape index (κ1) is 15.3. The normalized spacial score (nSPS) is 11.4. The lowest BCUT2D eigenvalue weighted by Gasteiger charge is -2.07. The maximum absolute atomic E-state index is 11.5. The van der Waals surface area contributed by atoms with Crippen LogP contribution in [0.5, 0.6) is 0 Å². The number of carbonyl (C=O) groups is 1. The molecule has 0 saturated heterocycles. The van der Waals surface area contributed by atoms with Gasteiger partial charge < -0.3 is 16.1 Å². The first-order chi connectivity index (χ1) is 11.6. The SMILES string of the molecule is N#CC(=O)c1cccc(Cn2ccc3cc(/C(N)=N/N)ccc32)c1. The van der Waals surface area contributed by atoms with Gasteiger partial charge in [-0.2, -0.15) is 10.4 Å². The number of ketones is 1. The second-order valence-electron chi connectivity index (χ2n) is 5.37. The minimum atomic E-state index is -0.532. The second kappa shape index (κ2) is 6.26. The first-order valence-electron chi connectivity index (χ1n) is 7.28. The molecule has 0 amide bonds. The molecule has 6 heteroatoms. The molecule has 1 aromatic heterocycles. The summed E-state index contributed by atoms with van der Waals surface area (Å²) in [6, 6.07) is 16.4. The van der Waals surface area contributed by atoms with Crippen LogP contribution < -0.4 is 11.6 Å². The number of hydrazone groups is 1. The van der Waals surface area contributed by atoms with Crippen molar-refractivity contribution in [3.05, 3.63) is 71.4 Å². The molecule has 3 aromatic rings. The summed E-state index contributed by atoms with van der Waals surface area (Å²) in [5.74, 6) is 4.97. The van der Waals surface area contributed by atoms with Gasteiger partial charge in [0.15, 0.2) is 0 Å². The molecule has 0 spiro atoms. The third-order valence-electron chi connectivity index (χ3n) is 3.85. The van der Waals surface area contributed by atoms with Crippen LogP contribution in [0.15, 0.2) is 59.8 Å². The zero-order chi connectivity index (χ0) is 17.1. The Kier molecular flexibility index (Phi) is 4.00. The zero-order valence-electron chi connectivity index (χ0n) is 12.8. The molecule has 0 aliphatic carbocycles. The molecule has 0 aliphatic heterocycles. The van der Waals surface area contributed by atoms with Crippen molar-refractivity contribution < 1.29 is 4.79 Å². The van der Waals surface area contributed by atoms with E-state index in [0.717, 1.165) is 22.0 Å². The van der Waals surface area contributed by atoms with Crippen LogP contribution in [-0.4, -0.2) is 16.2 Å². The number of aromatic nitrogens is 1. The van der Waals surface area contributed by atoms with E-state index < -0.39 is 5.78 Å². The lowest BCUT2D eigenvalue weighted by molar-refractivity contribution is 0.105. The van der Waals surface area contributed by atoms with Gasteiger partial charge >= 0.3 is 0 Å². The van der Waals surface area contributed by atoms with Gasteiger partial charge in [0.25, 0.3) is 5.78 Å². The highest BCUT2D eigenvalue weighted by Crippen LogP contribution is 2.19. The van der Waals surface area contributed by atoms with Crippen molar-refractivity contribution >= 4 is 22.5 Å². The standard InChI is InChI=1S/C18H15N5O/c19-10-17(24)14-3-1-2-12(8-14)11-23-7-6-13-9-15(18(20)22-21)4-5-16(13)23/h1-9H,11,21H2,(H2,20,22). The molecule has 3 rings (SSSR count). The van der Waals surface area contributed by atoms with Crippen molar-refractivity contribution in [3.8, 4) is 6.07 Å². The smallest absolute Gasteiger partial charge is 0.262 e. The monoisotopic (exact) mass is 317 g/mol. The third kappa shape index (κ3) is 2.83. The van der Waals surface area contributed by atoms with Gasteiger partial charge in [-0.25, -0.2) is 0 Å². The van der Waals surface area contributed by atoms with Gasteiger partial charge in [-0.3, -0.25) is 4.79 Å². The zero-order valence-corrected chi connectivity index (χ0v) is 12.8. The molecule has 118 valence electrons. The van der Waals surface area contributed by atoms with Gasteiger partial charge in [0.2, 0.25) is 0 Å². The summed E-state index contributed by atoms with van der Waals surface area (Å²) >= 11 is 0.